The molecule has 0 aromatic heterocycles. The van der Waals surface area contributed by atoms with Crippen LogP contribution in [0, 0.1) is 20.8 Å². The fraction of sp³-hybridized carbons (Fsp3) is 0.176. The van der Waals surface area contributed by atoms with Crippen molar-refractivity contribution < 1.29 is 4.79 Å². The number of benzene rings is 2. The van der Waals surface area contributed by atoms with E-state index in [1.807, 2.05) is 51.1 Å². The largest absolute Gasteiger partial charge is 0.389 e. The average molecular weight is 298 g/mol. The summed E-state index contributed by atoms with van der Waals surface area (Å²) in [5.74, 6) is -0.120. The maximum atomic E-state index is 12.5. The number of nitrogens with two attached hydrogens (primary N) is 1. The fourth-order valence-electron chi connectivity index (χ4n) is 2.48. The van der Waals surface area contributed by atoms with Gasteiger partial charge in [0.25, 0.3) is 5.91 Å². The van der Waals surface area contributed by atoms with E-state index < -0.39 is 0 Å². The zero-order valence-corrected chi connectivity index (χ0v) is 13.2. The lowest BCUT2D eigenvalue weighted by Gasteiger charge is -2.12. The van der Waals surface area contributed by atoms with Gasteiger partial charge in [0.1, 0.15) is 4.99 Å². The van der Waals surface area contributed by atoms with E-state index in [1.54, 1.807) is 6.07 Å². The number of carbonyl (C=O) groups is 1. The number of thiocarbonyl (C=S) groups is 1. The molecule has 2 aromatic rings. The molecule has 1 amide bonds. The Kier molecular flexibility index (Phi) is 4.38. The van der Waals surface area contributed by atoms with Crippen molar-refractivity contribution in [2.75, 3.05) is 5.32 Å². The van der Waals surface area contributed by atoms with E-state index in [0.29, 0.717) is 16.2 Å². The Morgan fingerprint density at radius 1 is 1.10 bits per heavy atom. The summed E-state index contributed by atoms with van der Waals surface area (Å²) in [5, 5.41) is 2.90. The third-order valence-electron chi connectivity index (χ3n) is 3.31. The van der Waals surface area contributed by atoms with Crippen LogP contribution in [0.25, 0.3) is 0 Å². The molecule has 0 unspecified atom stereocenters. The van der Waals surface area contributed by atoms with E-state index in [-0.39, 0.29) is 5.91 Å². The standard InChI is InChI=1S/C17H18N2OS/c1-10-7-11(2)15(12(3)8-10)17(20)19-14-6-4-5-13(9-14)16(18)21/h4-9H,1-3H3,(H2,18,21)(H,19,20). The van der Waals surface area contributed by atoms with Gasteiger partial charge in [0.15, 0.2) is 0 Å². The van der Waals surface area contributed by atoms with Crippen molar-refractivity contribution in [1.82, 2.24) is 0 Å². The van der Waals surface area contributed by atoms with Gasteiger partial charge < -0.3 is 11.1 Å². The van der Waals surface area contributed by atoms with Gasteiger partial charge in [-0.05, 0) is 44.0 Å². The Morgan fingerprint density at radius 2 is 1.71 bits per heavy atom. The summed E-state index contributed by atoms with van der Waals surface area (Å²) in [7, 11) is 0. The number of anilines is 1. The average Bonchev–Trinajstić information content (AvgIpc) is 2.37. The van der Waals surface area contributed by atoms with Crippen molar-refractivity contribution in [2.24, 2.45) is 5.73 Å². The van der Waals surface area contributed by atoms with Crippen LogP contribution in [0.5, 0.6) is 0 Å². The van der Waals surface area contributed by atoms with Gasteiger partial charge in [0.05, 0.1) is 0 Å². The normalized spacial score (nSPS) is 10.2. The van der Waals surface area contributed by atoms with Crippen LogP contribution in [0.3, 0.4) is 0 Å². The summed E-state index contributed by atoms with van der Waals surface area (Å²) in [6.07, 6.45) is 0. The Bertz CT molecular complexity index is 699. The highest BCUT2D eigenvalue weighted by molar-refractivity contribution is 7.80. The maximum Gasteiger partial charge on any atom is 0.256 e. The van der Waals surface area contributed by atoms with Crippen molar-refractivity contribution in [1.29, 1.82) is 0 Å². The van der Waals surface area contributed by atoms with Crippen molar-refractivity contribution in [2.45, 2.75) is 20.8 Å². The molecule has 3 N–H and O–H groups in total. The number of hydrogen-bond donors (Lipinski definition) is 2. The molecule has 108 valence electrons. The third kappa shape index (κ3) is 3.47. The smallest absolute Gasteiger partial charge is 0.256 e. The van der Waals surface area contributed by atoms with Crippen LogP contribution < -0.4 is 11.1 Å². The summed E-state index contributed by atoms with van der Waals surface area (Å²) >= 11 is 4.95. The predicted octanol–water partition coefficient (Wildman–Crippen LogP) is 3.50. The molecule has 0 atom stereocenters. The van der Waals surface area contributed by atoms with Gasteiger partial charge in [-0.15, -0.1) is 0 Å². The highest BCUT2D eigenvalue weighted by atomic mass is 32.1. The highest BCUT2D eigenvalue weighted by Gasteiger charge is 2.13. The molecule has 3 nitrogen and oxygen atoms in total. The van der Waals surface area contributed by atoms with Crippen molar-refractivity contribution in [3.63, 3.8) is 0 Å². The van der Waals surface area contributed by atoms with E-state index in [0.717, 1.165) is 22.3 Å². The molecule has 0 aliphatic carbocycles. The second-order valence-corrected chi connectivity index (χ2v) is 5.61. The van der Waals surface area contributed by atoms with E-state index in [1.165, 1.54) is 0 Å². The van der Waals surface area contributed by atoms with Crippen LogP contribution in [0.2, 0.25) is 0 Å². The number of amides is 1. The molecule has 0 saturated heterocycles. The zero-order chi connectivity index (χ0) is 15.6. The topological polar surface area (TPSA) is 55.1 Å². The molecule has 0 saturated carbocycles. The summed E-state index contributed by atoms with van der Waals surface area (Å²) < 4.78 is 0. The molecule has 2 aromatic carbocycles. The summed E-state index contributed by atoms with van der Waals surface area (Å²) in [6, 6.07) is 11.2. The minimum Gasteiger partial charge on any atom is -0.389 e. The SMILES string of the molecule is Cc1cc(C)c(C(=O)Nc2cccc(C(N)=S)c2)c(C)c1. The van der Waals surface area contributed by atoms with E-state index in [9.17, 15) is 4.79 Å². The quantitative estimate of drug-likeness (QED) is 0.853. The van der Waals surface area contributed by atoms with Crippen molar-refractivity contribution >= 4 is 28.8 Å². The van der Waals surface area contributed by atoms with Crippen LogP contribution in [0.4, 0.5) is 5.69 Å². The number of nitrogens with one attached hydrogen (secondary N) is 1. The van der Waals surface area contributed by atoms with Gasteiger partial charge in [-0.25, -0.2) is 0 Å². The van der Waals surface area contributed by atoms with Gasteiger partial charge in [-0.1, -0.05) is 42.0 Å². The monoisotopic (exact) mass is 298 g/mol. The fourth-order valence-corrected chi connectivity index (χ4v) is 2.61. The van der Waals surface area contributed by atoms with Crippen LogP contribution in [0.1, 0.15) is 32.6 Å². The number of hydrogen-bond acceptors (Lipinski definition) is 2. The molecule has 0 heterocycles. The van der Waals surface area contributed by atoms with Crippen LogP contribution in [-0.4, -0.2) is 10.9 Å². The number of carbonyl (C=O) groups excluding carboxylic acids is 1. The van der Waals surface area contributed by atoms with Crippen molar-refractivity contribution in [3.05, 3.63) is 64.2 Å². The molecule has 0 bridgehead atoms. The van der Waals surface area contributed by atoms with Gasteiger partial charge >= 0.3 is 0 Å². The number of aryl methyl sites for hydroxylation is 3. The Morgan fingerprint density at radius 3 is 2.29 bits per heavy atom. The minimum absolute atomic E-state index is 0.120. The first-order chi connectivity index (χ1) is 9.88. The first-order valence-electron chi connectivity index (χ1n) is 6.67. The molecule has 0 radical (unpaired) electrons. The van der Waals surface area contributed by atoms with Crippen molar-refractivity contribution in [3.8, 4) is 0 Å². The van der Waals surface area contributed by atoms with Gasteiger partial charge in [-0.3, -0.25) is 4.79 Å². The molecular weight excluding hydrogens is 280 g/mol. The lowest BCUT2D eigenvalue weighted by atomic mass is 9.99. The molecule has 0 aliphatic rings. The summed E-state index contributed by atoms with van der Waals surface area (Å²) in [4.78, 5) is 12.8. The Balaban J connectivity index is 2.30. The minimum atomic E-state index is -0.120. The summed E-state index contributed by atoms with van der Waals surface area (Å²) in [6.45, 7) is 5.91. The lowest BCUT2D eigenvalue weighted by molar-refractivity contribution is 0.102. The number of rotatable bonds is 3. The van der Waals surface area contributed by atoms with Crippen LogP contribution in [-0.2, 0) is 0 Å². The van der Waals surface area contributed by atoms with Gasteiger partial charge in [0, 0.05) is 16.8 Å². The second-order valence-electron chi connectivity index (χ2n) is 5.17. The molecule has 0 fully saturated rings. The van der Waals surface area contributed by atoms with Gasteiger partial charge in [-0.2, -0.15) is 0 Å². The van der Waals surface area contributed by atoms with Crippen LogP contribution in [0.15, 0.2) is 36.4 Å². The second kappa shape index (κ2) is 6.06. The zero-order valence-electron chi connectivity index (χ0n) is 12.4. The first kappa shape index (κ1) is 15.2. The third-order valence-corrected chi connectivity index (χ3v) is 3.54. The maximum absolute atomic E-state index is 12.5. The molecular formula is C17H18N2OS. The van der Waals surface area contributed by atoms with E-state index in [4.69, 9.17) is 18.0 Å². The molecule has 0 aliphatic heterocycles. The van der Waals surface area contributed by atoms with E-state index >= 15 is 0 Å². The van der Waals surface area contributed by atoms with Crippen LogP contribution >= 0.6 is 12.2 Å². The van der Waals surface area contributed by atoms with Gasteiger partial charge in [0.2, 0.25) is 0 Å². The molecule has 4 heteroatoms. The Hall–Kier alpha value is -2.20. The van der Waals surface area contributed by atoms with E-state index in [2.05, 4.69) is 5.32 Å². The molecule has 21 heavy (non-hydrogen) atoms. The Labute approximate surface area is 130 Å². The lowest BCUT2D eigenvalue weighted by Crippen LogP contribution is -2.16. The first-order valence-corrected chi connectivity index (χ1v) is 7.08. The highest BCUT2D eigenvalue weighted by Crippen LogP contribution is 2.19. The predicted molar refractivity (Wildman–Crippen MR) is 90.9 cm³/mol. The molecule has 0 spiro atoms. The molecule has 2 rings (SSSR count). The summed E-state index contributed by atoms with van der Waals surface area (Å²) in [5.41, 5.74) is 10.8.